The Morgan fingerprint density at radius 1 is 0.421 bits per heavy atom. The van der Waals surface area contributed by atoms with E-state index in [0.717, 1.165) is 50.5 Å². The summed E-state index contributed by atoms with van der Waals surface area (Å²) in [5.41, 5.74) is -0.159. The van der Waals surface area contributed by atoms with Crippen LogP contribution in [-0.2, 0) is 44.9 Å². The minimum atomic E-state index is -0.867. The summed E-state index contributed by atoms with van der Waals surface area (Å²) in [6.07, 6.45) is 11.7. The third kappa shape index (κ3) is 17.3. The van der Waals surface area contributed by atoms with Crippen molar-refractivity contribution in [2.75, 3.05) is 0 Å². The number of unbranched alkanes of at least 4 members (excludes halogenated alkanes) is 5. The van der Waals surface area contributed by atoms with Gasteiger partial charge in [0.2, 0.25) is 0 Å². The Hall–Kier alpha value is -4.48. The van der Waals surface area contributed by atoms with Crippen LogP contribution in [0.5, 0.6) is 23.0 Å². The summed E-state index contributed by atoms with van der Waals surface area (Å²) < 4.78 is 0. The summed E-state index contributed by atoms with van der Waals surface area (Å²) in [5.74, 6) is -3.66. The van der Waals surface area contributed by atoms with Crippen LogP contribution >= 0.6 is 0 Å². The van der Waals surface area contributed by atoms with Crippen LogP contribution in [-0.4, -0.2) is 64.7 Å². The third-order valence-corrected chi connectivity index (χ3v) is 11.1. The van der Waals surface area contributed by atoms with E-state index >= 15 is 0 Å². The predicted octanol–water partition coefficient (Wildman–Crippen LogP) is 9.88. The van der Waals surface area contributed by atoms with Crippen molar-refractivity contribution in [2.24, 2.45) is 21.7 Å². The maximum atomic E-state index is 11.2. The van der Waals surface area contributed by atoms with Gasteiger partial charge in [-0.05, 0) is 161 Å². The van der Waals surface area contributed by atoms with Crippen LogP contribution in [0.4, 0.5) is 0 Å². The van der Waals surface area contributed by atoms with Crippen LogP contribution in [0.25, 0.3) is 0 Å². The lowest BCUT2D eigenvalue weighted by Gasteiger charge is -2.19. The lowest BCUT2D eigenvalue weighted by atomic mass is 9.86. The summed E-state index contributed by atoms with van der Waals surface area (Å²) in [5, 5.41) is 77.4. The molecule has 57 heavy (non-hydrogen) atoms. The Morgan fingerprint density at radius 3 is 1.21 bits per heavy atom. The number of benzene rings is 2. The largest absolute Gasteiger partial charge is 0.508 e. The van der Waals surface area contributed by atoms with E-state index in [1.54, 1.807) is 61.5 Å². The molecule has 0 amide bonds. The standard InChI is InChI=1S/C23H36O5.C22H34O7/c1-22(2,20(25)26)14-8-5-6-10-17-12-13-19(24)18(16-17)11-7-9-15-23(3,4)21(27)28;1-21(2,19(26)27)11-7-5-9-14-13-16(23)18(25)15(17(14)24)10-6-8-12-22(3,4)20(28)29/h12-13,16,24H,5-11,14-15H2,1-4H3,(H,25,26)(H,27,28);13,23-25H,5-12H2,1-4H3,(H,26,27)(H,28,29). The van der Waals surface area contributed by atoms with E-state index in [2.05, 4.69) is 0 Å². The molecule has 0 aliphatic rings. The highest BCUT2D eigenvalue weighted by Gasteiger charge is 2.29. The maximum Gasteiger partial charge on any atom is 0.309 e. The highest BCUT2D eigenvalue weighted by atomic mass is 16.4. The number of phenolic OH excluding ortho intramolecular Hbond substituents is 4. The van der Waals surface area contributed by atoms with Gasteiger partial charge in [0.05, 0.1) is 21.7 Å². The normalized spacial score (nSPS) is 12.1. The first-order valence-electron chi connectivity index (χ1n) is 20.2. The number of carboxylic acids is 4. The van der Waals surface area contributed by atoms with Crippen molar-refractivity contribution in [3.05, 3.63) is 46.5 Å². The molecule has 0 fully saturated rings. The molecule has 0 aliphatic carbocycles. The van der Waals surface area contributed by atoms with Gasteiger partial charge in [-0.3, -0.25) is 19.2 Å². The molecular formula is C45H70O12. The van der Waals surface area contributed by atoms with Gasteiger partial charge in [-0.15, -0.1) is 0 Å². The fraction of sp³-hybridized carbons (Fsp3) is 0.644. The van der Waals surface area contributed by atoms with Crippen LogP contribution in [0.15, 0.2) is 24.3 Å². The second-order valence-corrected chi connectivity index (χ2v) is 18.1. The van der Waals surface area contributed by atoms with Crippen molar-refractivity contribution in [3.63, 3.8) is 0 Å². The lowest BCUT2D eigenvalue weighted by molar-refractivity contribution is -0.148. The van der Waals surface area contributed by atoms with Gasteiger partial charge in [-0.25, -0.2) is 0 Å². The van der Waals surface area contributed by atoms with Crippen molar-refractivity contribution < 1.29 is 60.0 Å². The number of rotatable bonds is 25. The molecule has 0 aliphatic heterocycles. The fourth-order valence-electron chi connectivity index (χ4n) is 6.32. The lowest BCUT2D eigenvalue weighted by Crippen LogP contribution is -2.23. The second-order valence-electron chi connectivity index (χ2n) is 18.1. The molecule has 322 valence electrons. The zero-order valence-electron chi connectivity index (χ0n) is 35.5. The first-order valence-corrected chi connectivity index (χ1v) is 20.2. The number of hydrogen-bond acceptors (Lipinski definition) is 8. The Labute approximate surface area is 339 Å². The van der Waals surface area contributed by atoms with Crippen LogP contribution in [0.2, 0.25) is 0 Å². The monoisotopic (exact) mass is 802 g/mol. The van der Waals surface area contributed by atoms with Gasteiger partial charge in [-0.2, -0.15) is 0 Å². The van der Waals surface area contributed by atoms with Gasteiger partial charge in [0, 0.05) is 5.56 Å². The van der Waals surface area contributed by atoms with Gasteiger partial charge >= 0.3 is 23.9 Å². The average molecular weight is 803 g/mol. The summed E-state index contributed by atoms with van der Waals surface area (Å²) in [7, 11) is 0. The second kappa shape index (κ2) is 22.5. The van der Waals surface area contributed by atoms with Crippen molar-refractivity contribution >= 4 is 23.9 Å². The van der Waals surface area contributed by atoms with Crippen LogP contribution in [0, 0.1) is 21.7 Å². The van der Waals surface area contributed by atoms with Gasteiger partial charge in [-0.1, -0.05) is 44.2 Å². The average Bonchev–Trinajstić information content (AvgIpc) is 3.11. The van der Waals surface area contributed by atoms with Crippen molar-refractivity contribution in [3.8, 4) is 23.0 Å². The molecule has 12 heteroatoms. The molecule has 0 saturated carbocycles. The number of aryl methyl sites for hydroxylation is 3. The summed E-state index contributed by atoms with van der Waals surface area (Å²) in [6.45, 7) is 13.7. The molecule has 8 N–H and O–H groups in total. The van der Waals surface area contributed by atoms with E-state index in [1.807, 2.05) is 12.1 Å². The van der Waals surface area contributed by atoms with E-state index in [-0.39, 0.29) is 22.8 Å². The number of carbonyl (C=O) groups is 4. The van der Waals surface area contributed by atoms with Gasteiger partial charge in [0.1, 0.15) is 11.5 Å². The molecule has 0 radical (unpaired) electrons. The topological polar surface area (TPSA) is 230 Å². The number of carboxylic acid groups (broad SMARTS) is 4. The molecular weight excluding hydrogens is 732 g/mol. The van der Waals surface area contributed by atoms with E-state index < -0.39 is 45.5 Å². The molecule has 0 bridgehead atoms. The third-order valence-electron chi connectivity index (χ3n) is 11.1. The van der Waals surface area contributed by atoms with E-state index in [0.29, 0.717) is 75.5 Å². The van der Waals surface area contributed by atoms with Crippen molar-refractivity contribution in [1.82, 2.24) is 0 Å². The highest BCUT2D eigenvalue weighted by Crippen LogP contribution is 2.40. The molecule has 12 nitrogen and oxygen atoms in total. The van der Waals surface area contributed by atoms with Gasteiger partial charge in [0.15, 0.2) is 11.5 Å². The molecule has 2 aromatic rings. The van der Waals surface area contributed by atoms with Crippen molar-refractivity contribution in [2.45, 2.75) is 165 Å². The van der Waals surface area contributed by atoms with E-state index in [4.69, 9.17) is 20.4 Å². The van der Waals surface area contributed by atoms with E-state index in [9.17, 15) is 39.6 Å². The molecule has 0 aromatic heterocycles. The number of phenols is 4. The minimum Gasteiger partial charge on any atom is -0.508 e. The molecule has 0 saturated heterocycles. The number of hydrogen-bond donors (Lipinski definition) is 8. The Kier molecular flexibility index (Phi) is 19.9. The maximum absolute atomic E-state index is 11.2. The summed E-state index contributed by atoms with van der Waals surface area (Å²) in [4.78, 5) is 44.6. The number of aromatic hydroxyl groups is 4. The van der Waals surface area contributed by atoms with Crippen molar-refractivity contribution in [1.29, 1.82) is 0 Å². The Morgan fingerprint density at radius 2 is 0.789 bits per heavy atom. The zero-order valence-corrected chi connectivity index (χ0v) is 35.5. The quantitative estimate of drug-likeness (QED) is 0.0266. The number of aliphatic carboxylic acids is 4. The molecule has 0 spiro atoms. The molecule has 2 rings (SSSR count). The predicted molar refractivity (Wildman–Crippen MR) is 220 cm³/mol. The summed E-state index contributed by atoms with van der Waals surface area (Å²) in [6, 6.07) is 7.05. The smallest absolute Gasteiger partial charge is 0.309 e. The minimum absolute atomic E-state index is 0.0599. The van der Waals surface area contributed by atoms with Crippen LogP contribution in [0.3, 0.4) is 0 Å². The van der Waals surface area contributed by atoms with Crippen LogP contribution in [0.1, 0.15) is 161 Å². The van der Waals surface area contributed by atoms with Gasteiger partial charge < -0.3 is 40.9 Å². The summed E-state index contributed by atoms with van der Waals surface area (Å²) >= 11 is 0. The molecule has 0 unspecified atom stereocenters. The molecule has 0 atom stereocenters. The molecule has 2 aromatic carbocycles. The fourth-order valence-corrected chi connectivity index (χ4v) is 6.32. The van der Waals surface area contributed by atoms with Gasteiger partial charge in [0.25, 0.3) is 0 Å². The van der Waals surface area contributed by atoms with E-state index in [1.165, 1.54) is 11.6 Å². The SMILES string of the molecule is CC(C)(CCCCCc1ccc(O)c(CCCCC(C)(C)C(=O)O)c1)C(=O)O.CC(C)(CCCCc1cc(O)c(O)c(CCCCC(C)(C)C(=O)O)c1O)C(=O)O. The van der Waals surface area contributed by atoms with Crippen LogP contribution < -0.4 is 0 Å². The first kappa shape index (κ1) is 50.5. The molecule has 0 heterocycles. The zero-order chi connectivity index (χ0) is 43.8. The first-order chi connectivity index (χ1) is 26.2. The Bertz CT molecular complexity index is 1640. The Balaban J connectivity index is 0.000000570. The highest BCUT2D eigenvalue weighted by molar-refractivity contribution is 5.74.